The van der Waals surface area contributed by atoms with Gasteiger partial charge in [0, 0.05) is 0 Å². The van der Waals surface area contributed by atoms with Crippen molar-refractivity contribution < 1.29 is 19.7 Å². The molecule has 0 amide bonds. The molecule has 3 aliphatic rings. The second-order valence-corrected chi connectivity index (χ2v) is 10.7. The molecule has 160 valence electrons. The summed E-state index contributed by atoms with van der Waals surface area (Å²) in [6.45, 7) is 15.7. The second-order valence-electron chi connectivity index (χ2n) is 10.7. The highest BCUT2D eigenvalue weighted by Crippen LogP contribution is 2.63. The van der Waals surface area contributed by atoms with Gasteiger partial charge in [0.25, 0.3) is 0 Å². The predicted molar refractivity (Wildman–Crippen MR) is 111 cm³/mol. The monoisotopic (exact) mass is 392 g/mol. The average molecular weight is 393 g/mol. The first kappa shape index (κ1) is 21.8. The molecule has 0 aromatic rings. The minimum atomic E-state index is -0.822. The molecular formula is C24H40O4. The van der Waals surface area contributed by atoms with Crippen molar-refractivity contribution in [3.05, 3.63) is 12.2 Å². The van der Waals surface area contributed by atoms with Crippen molar-refractivity contribution in [2.24, 2.45) is 28.6 Å². The van der Waals surface area contributed by atoms with Crippen molar-refractivity contribution in [2.45, 2.75) is 104 Å². The van der Waals surface area contributed by atoms with E-state index in [9.17, 15) is 9.90 Å². The van der Waals surface area contributed by atoms with Crippen LogP contribution in [0.15, 0.2) is 12.2 Å². The van der Waals surface area contributed by atoms with E-state index in [1.54, 1.807) is 6.92 Å². The number of allylic oxidation sites excluding steroid dienone is 1. The molecule has 0 aromatic carbocycles. The lowest BCUT2D eigenvalue weighted by atomic mass is 9.46. The Morgan fingerprint density at radius 3 is 2.54 bits per heavy atom. The van der Waals surface area contributed by atoms with E-state index in [2.05, 4.69) is 34.3 Å². The van der Waals surface area contributed by atoms with Gasteiger partial charge in [-0.25, -0.2) is 9.78 Å². The van der Waals surface area contributed by atoms with Gasteiger partial charge in [-0.1, -0.05) is 32.9 Å². The Kier molecular flexibility index (Phi) is 6.05. The van der Waals surface area contributed by atoms with Crippen LogP contribution in [0.4, 0.5) is 0 Å². The Bertz CT molecular complexity index is 606. The van der Waals surface area contributed by atoms with Gasteiger partial charge in [-0.05, 0) is 94.3 Å². The lowest BCUT2D eigenvalue weighted by Gasteiger charge is -2.59. The molecule has 2 aliphatic carbocycles. The summed E-state index contributed by atoms with van der Waals surface area (Å²) in [7, 11) is 0. The van der Waals surface area contributed by atoms with Crippen LogP contribution in [0.25, 0.3) is 0 Å². The average Bonchev–Trinajstić information content (AvgIpc) is 2.66. The van der Waals surface area contributed by atoms with E-state index in [1.165, 1.54) is 37.7 Å². The van der Waals surface area contributed by atoms with Gasteiger partial charge in [0.2, 0.25) is 0 Å². The van der Waals surface area contributed by atoms with Gasteiger partial charge in [0.05, 0.1) is 5.92 Å². The Morgan fingerprint density at radius 2 is 1.93 bits per heavy atom. The minimum Gasteiger partial charge on any atom is -0.481 e. The summed E-state index contributed by atoms with van der Waals surface area (Å²) in [5.41, 5.74) is 1.72. The van der Waals surface area contributed by atoms with Gasteiger partial charge >= 0.3 is 5.97 Å². The van der Waals surface area contributed by atoms with E-state index in [0.29, 0.717) is 11.8 Å². The number of hydrogen-bond donors (Lipinski definition) is 1. The Hall–Kier alpha value is -0.870. The third-order valence-corrected chi connectivity index (χ3v) is 9.04. The first-order valence-corrected chi connectivity index (χ1v) is 11.3. The van der Waals surface area contributed by atoms with E-state index in [4.69, 9.17) is 9.78 Å². The molecule has 2 saturated carbocycles. The Morgan fingerprint density at radius 1 is 1.21 bits per heavy atom. The van der Waals surface area contributed by atoms with E-state index in [0.717, 1.165) is 25.7 Å². The molecule has 3 fully saturated rings. The van der Waals surface area contributed by atoms with Gasteiger partial charge in [-0.15, -0.1) is 0 Å². The van der Waals surface area contributed by atoms with E-state index >= 15 is 0 Å². The summed E-state index contributed by atoms with van der Waals surface area (Å²) < 4.78 is 0. The van der Waals surface area contributed by atoms with Crippen molar-refractivity contribution in [1.82, 2.24) is 0 Å². The molecule has 1 unspecified atom stereocenters. The van der Waals surface area contributed by atoms with E-state index in [-0.39, 0.29) is 22.5 Å². The largest absolute Gasteiger partial charge is 0.481 e. The van der Waals surface area contributed by atoms with Gasteiger partial charge in [-0.2, -0.15) is 0 Å². The lowest BCUT2D eigenvalue weighted by Crippen LogP contribution is -2.51. The highest BCUT2D eigenvalue weighted by Gasteiger charge is 2.54. The lowest BCUT2D eigenvalue weighted by molar-refractivity contribution is -0.412. The van der Waals surface area contributed by atoms with Gasteiger partial charge in [0.15, 0.2) is 0 Å². The first-order valence-electron chi connectivity index (χ1n) is 11.3. The molecule has 1 saturated heterocycles. The summed E-state index contributed by atoms with van der Waals surface area (Å²) in [6, 6.07) is 0. The molecule has 0 bridgehead atoms. The number of aliphatic carboxylic acids is 1. The van der Waals surface area contributed by atoms with Crippen molar-refractivity contribution in [3.8, 4) is 0 Å². The van der Waals surface area contributed by atoms with Crippen LogP contribution in [-0.4, -0.2) is 22.8 Å². The Balaban J connectivity index is 1.67. The maximum absolute atomic E-state index is 11.2. The van der Waals surface area contributed by atoms with Crippen LogP contribution < -0.4 is 0 Å². The molecule has 1 N–H and O–H groups in total. The van der Waals surface area contributed by atoms with Crippen molar-refractivity contribution in [1.29, 1.82) is 0 Å². The van der Waals surface area contributed by atoms with Crippen LogP contribution in [-0.2, 0) is 14.6 Å². The summed E-state index contributed by atoms with van der Waals surface area (Å²) in [6.07, 6.45) is 9.66. The summed E-state index contributed by atoms with van der Waals surface area (Å²) in [5.74, 6) is 0.0363. The topological polar surface area (TPSA) is 55.8 Å². The van der Waals surface area contributed by atoms with Crippen LogP contribution in [0.2, 0.25) is 0 Å². The summed E-state index contributed by atoms with van der Waals surface area (Å²) in [4.78, 5) is 22.6. The van der Waals surface area contributed by atoms with E-state index < -0.39 is 11.9 Å². The highest BCUT2D eigenvalue weighted by atomic mass is 17.2. The molecular weight excluding hydrogens is 352 g/mol. The van der Waals surface area contributed by atoms with Crippen LogP contribution in [0.1, 0.15) is 92.4 Å². The number of carboxylic acid groups (broad SMARTS) is 1. The molecule has 1 aliphatic heterocycles. The molecule has 1 heterocycles. The fraction of sp³-hybridized carbons (Fsp3) is 0.875. The third-order valence-electron chi connectivity index (χ3n) is 9.04. The molecule has 0 spiro atoms. The quantitative estimate of drug-likeness (QED) is 0.450. The van der Waals surface area contributed by atoms with Crippen molar-refractivity contribution in [3.63, 3.8) is 0 Å². The predicted octanol–water partition coefficient (Wildman–Crippen LogP) is 6.16. The van der Waals surface area contributed by atoms with Crippen molar-refractivity contribution >= 4 is 5.97 Å². The van der Waals surface area contributed by atoms with E-state index in [1.807, 2.05) is 0 Å². The zero-order valence-electron chi connectivity index (χ0n) is 18.6. The molecule has 28 heavy (non-hydrogen) atoms. The molecule has 4 nitrogen and oxygen atoms in total. The van der Waals surface area contributed by atoms with Gasteiger partial charge in [-0.3, -0.25) is 4.79 Å². The smallest absolute Gasteiger partial charge is 0.308 e. The molecule has 7 atom stereocenters. The van der Waals surface area contributed by atoms with Crippen LogP contribution in [0.3, 0.4) is 0 Å². The number of carbonyl (C=O) groups is 1. The molecule has 0 radical (unpaired) electrons. The van der Waals surface area contributed by atoms with Crippen LogP contribution in [0, 0.1) is 28.6 Å². The molecule has 3 rings (SSSR count). The van der Waals surface area contributed by atoms with Crippen LogP contribution in [0.5, 0.6) is 0 Å². The van der Waals surface area contributed by atoms with Crippen molar-refractivity contribution in [2.75, 3.05) is 0 Å². The SMILES string of the molecule is C=C1CCC[C@@H]2[C@@](C)(CC[C@@]3(C)CC[C@@H](C(C)C(=O)O)OO3)[C@H](C)CC[C@@]12C. The second kappa shape index (κ2) is 7.75. The summed E-state index contributed by atoms with van der Waals surface area (Å²) in [5, 5.41) is 9.21. The number of carboxylic acids is 1. The highest BCUT2D eigenvalue weighted by molar-refractivity contribution is 5.70. The van der Waals surface area contributed by atoms with Crippen LogP contribution >= 0.6 is 0 Å². The standard InChI is InChI=1S/C24H40O4/c1-16-8-7-9-20-23(16,5)13-10-17(2)24(20,6)15-14-22(4)12-11-19(27-28-22)18(3)21(25)26/h17-20H,1,7-15H2,2-6H3,(H,25,26)/t17-,18?,19+,20+,22-,23+,24+/m1/s1. The summed E-state index contributed by atoms with van der Waals surface area (Å²) >= 11 is 0. The molecule has 0 aromatic heterocycles. The number of rotatable bonds is 5. The maximum atomic E-state index is 11.2. The number of fused-ring (bicyclic) bond motifs is 1. The zero-order chi connectivity index (χ0) is 20.7. The van der Waals surface area contributed by atoms with Gasteiger partial charge in [0.1, 0.15) is 11.7 Å². The first-order chi connectivity index (χ1) is 13.0. The zero-order valence-corrected chi connectivity index (χ0v) is 18.6. The third kappa shape index (κ3) is 3.79. The van der Waals surface area contributed by atoms with Gasteiger partial charge < -0.3 is 5.11 Å². The molecule has 4 heteroatoms. The number of hydrogen-bond acceptors (Lipinski definition) is 3. The fourth-order valence-electron chi connectivity index (χ4n) is 6.30. The maximum Gasteiger partial charge on any atom is 0.308 e. The minimum absolute atomic E-state index is 0.284. The normalized spacial score (nSPS) is 45.3. The Labute approximate surface area is 171 Å². The fourth-order valence-corrected chi connectivity index (χ4v) is 6.30.